The molecule has 0 saturated carbocycles. The molecule has 1 N–H and O–H groups in total. The fraction of sp³-hybridized carbons (Fsp3) is 0.154. The van der Waals surface area contributed by atoms with Crippen molar-refractivity contribution in [2.45, 2.75) is 5.16 Å². The van der Waals surface area contributed by atoms with Crippen LogP contribution in [0, 0.1) is 11.3 Å². The van der Waals surface area contributed by atoms with Gasteiger partial charge in [-0.15, -0.1) is 0 Å². The van der Waals surface area contributed by atoms with Gasteiger partial charge < -0.3 is 9.72 Å². The van der Waals surface area contributed by atoms with Gasteiger partial charge in [0.15, 0.2) is 5.16 Å². The molecular formula is C13H11N3O2S. The fourth-order valence-electron chi connectivity index (χ4n) is 1.38. The van der Waals surface area contributed by atoms with E-state index in [-0.39, 0.29) is 5.56 Å². The Morgan fingerprint density at radius 1 is 1.42 bits per heavy atom. The Balaban J connectivity index is 1.81. The van der Waals surface area contributed by atoms with Gasteiger partial charge in [-0.2, -0.15) is 5.26 Å². The van der Waals surface area contributed by atoms with Crippen molar-refractivity contribution in [2.75, 3.05) is 12.4 Å². The number of nitrogens with one attached hydrogen (secondary N) is 1. The summed E-state index contributed by atoms with van der Waals surface area (Å²) >= 11 is 1.41. The molecule has 0 aliphatic rings. The van der Waals surface area contributed by atoms with E-state index in [9.17, 15) is 4.79 Å². The molecule has 5 nitrogen and oxygen atoms in total. The van der Waals surface area contributed by atoms with Gasteiger partial charge in [0.25, 0.3) is 5.56 Å². The van der Waals surface area contributed by atoms with E-state index in [2.05, 4.69) is 16.0 Å². The third-order valence-corrected chi connectivity index (χ3v) is 3.05. The van der Waals surface area contributed by atoms with E-state index in [0.717, 1.165) is 0 Å². The molecule has 2 aromatic rings. The molecule has 96 valence electrons. The van der Waals surface area contributed by atoms with Crippen LogP contribution in [0.4, 0.5) is 0 Å². The lowest BCUT2D eigenvalue weighted by Crippen LogP contribution is -2.07. The van der Waals surface area contributed by atoms with Crippen molar-refractivity contribution in [2.24, 2.45) is 0 Å². The number of H-pyrrole nitrogens is 1. The maximum atomic E-state index is 11.0. The first-order chi connectivity index (χ1) is 9.28. The maximum absolute atomic E-state index is 11.0. The number of benzene rings is 1. The van der Waals surface area contributed by atoms with Gasteiger partial charge in [0.05, 0.1) is 18.2 Å². The first-order valence-corrected chi connectivity index (χ1v) is 6.57. The lowest BCUT2D eigenvalue weighted by molar-refractivity contribution is 0.344. The van der Waals surface area contributed by atoms with E-state index < -0.39 is 0 Å². The lowest BCUT2D eigenvalue weighted by atomic mass is 10.2. The summed E-state index contributed by atoms with van der Waals surface area (Å²) in [4.78, 5) is 17.7. The van der Waals surface area contributed by atoms with Crippen molar-refractivity contribution < 1.29 is 4.74 Å². The standard InChI is InChI=1S/C13H11N3O2S/c14-9-10-2-1-3-11(8-10)18-6-7-19-13-15-5-4-12(17)16-13/h1-5,8H,6-7H2,(H,15,16,17). The Morgan fingerprint density at radius 2 is 2.32 bits per heavy atom. The van der Waals surface area contributed by atoms with Crippen molar-refractivity contribution in [1.82, 2.24) is 9.97 Å². The predicted octanol–water partition coefficient (Wildman–Crippen LogP) is 1.81. The molecule has 0 fully saturated rings. The Bertz CT molecular complexity index is 649. The Labute approximate surface area is 114 Å². The molecule has 0 amide bonds. The summed E-state index contributed by atoms with van der Waals surface area (Å²) in [5.41, 5.74) is 0.402. The van der Waals surface area contributed by atoms with Crippen molar-refractivity contribution >= 4 is 11.8 Å². The van der Waals surface area contributed by atoms with Gasteiger partial charge in [0.2, 0.25) is 0 Å². The van der Waals surface area contributed by atoms with Gasteiger partial charge in [-0.25, -0.2) is 4.98 Å². The van der Waals surface area contributed by atoms with Crippen LogP contribution < -0.4 is 10.3 Å². The highest BCUT2D eigenvalue weighted by Gasteiger charge is 1.99. The molecule has 19 heavy (non-hydrogen) atoms. The number of aromatic nitrogens is 2. The molecule has 1 aromatic carbocycles. The molecule has 0 aliphatic heterocycles. The number of nitriles is 1. The predicted molar refractivity (Wildman–Crippen MR) is 72.2 cm³/mol. The van der Waals surface area contributed by atoms with E-state index >= 15 is 0 Å². The monoisotopic (exact) mass is 273 g/mol. The van der Waals surface area contributed by atoms with Crippen LogP contribution in [0.1, 0.15) is 5.56 Å². The number of nitrogens with zero attached hydrogens (tertiary/aromatic N) is 2. The summed E-state index contributed by atoms with van der Waals surface area (Å²) in [5, 5.41) is 9.33. The average molecular weight is 273 g/mol. The molecule has 2 rings (SSSR count). The number of hydrogen-bond donors (Lipinski definition) is 1. The van der Waals surface area contributed by atoms with Gasteiger partial charge in [-0.05, 0) is 18.2 Å². The minimum Gasteiger partial charge on any atom is -0.493 e. The average Bonchev–Trinajstić information content (AvgIpc) is 2.44. The molecular weight excluding hydrogens is 262 g/mol. The van der Waals surface area contributed by atoms with Crippen molar-refractivity contribution in [1.29, 1.82) is 5.26 Å². The number of ether oxygens (including phenoxy) is 1. The molecule has 1 heterocycles. The first kappa shape index (κ1) is 13.2. The summed E-state index contributed by atoms with van der Waals surface area (Å²) in [7, 11) is 0. The highest BCUT2D eigenvalue weighted by atomic mass is 32.2. The summed E-state index contributed by atoms with van der Waals surface area (Å²) < 4.78 is 5.51. The van der Waals surface area contributed by atoms with Gasteiger partial charge >= 0.3 is 0 Å². The zero-order valence-electron chi connectivity index (χ0n) is 10.00. The molecule has 0 saturated heterocycles. The van der Waals surface area contributed by atoms with Crippen molar-refractivity contribution in [3.8, 4) is 11.8 Å². The number of aromatic amines is 1. The third kappa shape index (κ3) is 4.16. The minimum absolute atomic E-state index is 0.167. The van der Waals surface area contributed by atoms with Crippen LogP contribution in [-0.4, -0.2) is 22.3 Å². The van der Waals surface area contributed by atoms with Gasteiger partial charge in [0.1, 0.15) is 5.75 Å². The maximum Gasteiger partial charge on any atom is 0.251 e. The molecule has 0 radical (unpaired) electrons. The van der Waals surface area contributed by atoms with E-state index in [1.165, 1.54) is 24.0 Å². The topological polar surface area (TPSA) is 78.8 Å². The largest absolute Gasteiger partial charge is 0.493 e. The Morgan fingerprint density at radius 3 is 3.11 bits per heavy atom. The molecule has 0 aliphatic carbocycles. The highest BCUT2D eigenvalue weighted by Crippen LogP contribution is 2.14. The number of hydrogen-bond acceptors (Lipinski definition) is 5. The van der Waals surface area contributed by atoms with Gasteiger partial charge in [0, 0.05) is 18.0 Å². The second-order valence-corrected chi connectivity index (χ2v) is 4.66. The summed E-state index contributed by atoms with van der Waals surface area (Å²) in [6, 6.07) is 10.4. The van der Waals surface area contributed by atoms with Crippen LogP contribution in [0.2, 0.25) is 0 Å². The van der Waals surface area contributed by atoms with Crippen molar-refractivity contribution in [3.63, 3.8) is 0 Å². The highest BCUT2D eigenvalue weighted by molar-refractivity contribution is 7.99. The number of rotatable bonds is 5. The van der Waals surface area contributed by atoms with Gasteiger partial charge in [-0.1, -0.05) is 17.8 Å². The summed E-state index contributed by atoms with van der Waals surface area (Å²) in [6.07, 6.45) is 1.47. The van der Waals surface area contributed by atoms with Crippen LogP contribution in [0.15, 0.2) is 46.5 Å². The Hall–Kier alpha value is -2.26. The molecule has 0 bridgehead atoms. The Kier molecular flexibility index (Phi) is 4.59. The molecule has 0 spiro atoms. The van der Waals surface area contributed by atoms with E-state index in [1.807, 2.05) is 0 Å². The van der Waals surface area contributed by atoms with Crippen molar-refractivity contribution in [3.05, 3.63) is 52.4 Å². The van der Waals surface area contributed by atoms with Crippen LogP contribution in [-0.2, 0) is 0 Å². The van der Waals surface area contributed by atoms with Crippen LogP contribution in [0.25, 0.3) is 0 Å². The first-order valence-electron chi connectivity index (χ1n) is 5.59. The van der Waals surface area contributed by atoms with Crippen LogP contribution in [0.5, 0.6) is 5.75 Å². The lowest BCUT2D eigenvalue weighted by Gasteiger charge is -2.05. The van der Waals surface area contributed by atoms with E-state index in [1.54, 1.807) is 24.3 Å². The fourth-order valence-corrected chi connectivity index (χ4v) is 2.05. The quantitative estimate of drug-likeness (QED) is 0.510. The zero-order chi connectivity index (χ0) is 13.5. The molecule has 6 heteroatoms. The molecule has 1 aromatic heterocycles. The summed E-state index contributed by atoms with van der Waals surface area (Å²) in [5.74, 6) is 1.32. The smallest absolute Gasteiger partial charge is 0.251 e. The zero-order valence-corrected chi connectivity index (χ0v) is 10.8. The molecule has 0 atom stereocenters. The second kappa shape index (κ2) is 6.61. The number of thioether (sulfide) groups is 1. The van der Waals surface area contributed by atoms with Crippen LogP contribution in [0.3, 0.4) is 0 Å². The summed E-state index contributed by atoms with van der Waals surface area (Å²) in [6.45, 7) is 0.470. The van der Waals surface area contributed by atoms with E-state index in [4.69, 9.17) is 10.00 Å². The SMILES string of the molecule is N#Cc1cccc(OCCSc2nccc(=O)[nH]2)c1. The minimum atomic E-state index is -0.167. The van der Waals surface area contributed by atoms with Crippen LogP contribution >= 0.6 is 11.8 Å². The third-order valence-electron chi connectivity index (χ3n) is 2.20. The molecule has 0 unspecified atom stereocenters. The second-order valence-electron chi connectivity index (χ2n) is 3.58. The normalized spacial score (nSPS) is 9.84. The van der Waals surface area contributed by atoms with Gasteiger partial charge in [-0.3, -0.25) is 4.79 Å². The van der Waals surface area contributed by atoms with E-state index in [0.29, 0.717) is 28.8 Å².